The second kappa shape index (κ2) is 6.99. The van der Waals surface area contributed by atoms with Crippen LogP contribution in [0.25, 0.3) is 0 Å². The zero-order chi connectivity index (χ0) is 18.8. The number of amides is 1. The van der Waals surface area contributed by atoms with E-state index in [9.17, 15) is 4.79 Å². The predicted molar refractivity (Wildman–Crippen MR) is 92.4 cm³/mol. The van der Waals surface area contributed by atoms with Crippen LogP contribution in [0.15, 0.2) is 34.0 Å². The molecule has 0 fully saturated rings. The fourth-order valence-electron chi connectivity index (χ4n) is 2.74. The van der Waals surface area contributed by atoms with Crippen molar-refractivity contribution >= 4 is 11.8 Å². The Balaban J connectivity index is 2.03. The maximum Gasteiger partial charge on any atom is 0.243 e. The number of methoxy groups -OCH3 is 3. The van der Waals surface area contributed by atoms with E-state index in [2.05, 4.69) is 5.10 Å². The van der Waals surface area contributed by atoms with E-state index in [1.165, 1.54) is 33.3 Å². The van der Waals surface area contributed by atoms with Crippen molar-refractivity contribution in [3.63, 3.8) is 0 Å². The summed E-state index contributed by atoms with van der Waals surface area (Å²) in [5, 5.41) is 5.60. The Kier molecular flexibility index (Phi) is 4.75. The molecule has 0 saturated carbocycles. The van der Waals surface area contributed by atoms with E-state index in [-0.39, 0.29) is 11.8 Å². The molecule has 1 aromatic heterocycles. The highest BCUT2D eigenvalue weighted by molar-refractivity contribution is 5.97. The first-order valence-corrected chi connectivity index (χ1v) is 7.89. The summed E-state index contributed by atoms with van der Waals surface area (Å²) in [5.41, 5.74) is 1.32. The second-order valence-electron chi connectivity index (χ2n) is 5.59. The zero-order valence-corrected chi connectivity index (χ0v) is 15.2. The van der Waals surface area contributed by atoms with Crippen LogP contribution in [0.3, 0.4) is 0 Å². The molecule has 1 atom stereocenters. The van der Waals surface area contributed by atoms with E-state index < -0.39 is 6.23 Å². The van der Waals surface area contributed by atoms with Crippen LogP contribution in [0.2, 0.25) is 0 Å². The van der Waals surface area contributed by atoms with Crippen molar-refractivity contribution in [1.29, 1.82) is 0 Å². The minimum absolute atomic E-state index is 0.252. The second-order valence-corrected chi connectivity index (χ2v) is 5.59. The van der Waals surface area contributed by atoms with Gasteiger partial charge >= 0.3 is 0 Å². The summed E-state index contributed by atoms with van der Waals surface area (Å²) in [5.74, 6) is 2.06. The molecule has 26 heavy (non-hydrogen) atoms. The maximum atomic E-state index is 12.0. The maximum absolute atomic E-state index is 12.0. The number of hydrazone groups is 1. The van der Waals surface area contributed by atoms with Crippen molar-refractivity contribution in [3.05, 3.63) is 41.3 Å². The van der Waals surface area contributed by atoms with Gasteiger partial charge in [0.25, 0.3) is 0 Å². The molecule has 2 heterocycles. The van der Waals surface area contributed by atoms with Crippen LogP contribution in [0.4, 0.5) is 0 Å². The largest absolute Gasteiger partial charge is 0.493 e. The quantitative estimate of drug-likeness (QED) is 0.815. The monoisotopic (exact) mass is 360 g/mol. The first-order chi connectivity index (χ1) is 12.5. The lowest BCUT2D eigenvalue weighted by Crippen LogP contribution is -2.25. The molecule has 0 spiro atoms. The highest BCUT2D eigenvalue weighted by atomic mass is 16.5. The van der Waals surface area contributed by atoms with Crippen molar-refractivity contribution in [1.82, 2.24) is 5.01 Å². The Morgan fingerprint density at radius 3 is 2.27 bits per heavy atom. The van der Waals surface area contributed by atoms with E-state index in [0.717, 1.165) is 5.56 Å². The van der Waals surface area contributed by atoms with Gasteiger partial charge in [0.05, 0.1) is 33.2 Å². The molecule has 138 valence electrons. The van der Waals surface area contributed by atoms with Crippen molar-refractivity contribution in [2.75, 3.05) is 21.3 Å². The molecular formula is C18H20N2O6. The molecule has 3 rings (SSSR count). The van der Waals surface area contributed by atoms with Gasteiger partial charge in [0.15, 0.2) is 11.5 Å². The Labute approximate surface area is 150 Å². The lowest BCUT2D eigenvalue weighted by Gasteiger charge is -2.18. The minimum Gasteiger partial charge on any atom is -0.493 e. The standard InChI is InChI=1S/C18H20N2O6/c1-10-13(6-7-25-10)18-20(11(2)21)19-17(26-18)12-8-14(22-3)16(24-5)15(9-12)23-4/h6-9,18H,1-5H3/t18-/m1/s1. The summed E-state index contributed by atoms with van der Waals surface area (Å²) in [4.78, 5) is 12.0. The zero-order valence-electron chi connectivity index (χ0n) is 15.2. The Morgan fingerprint density at radius 1 is 1.15 bits per heavy atom. The number of rotatable bonds is 5. The third-order valence-corrected chi connectivity index (χ3v) is 4.04. The van der Waals surface area contributed by atoms with Gasteiger partial charge in [-0.25, -0.2) is 0 Å². The van der Waals surface area contributed by atoms with Gasteiger partial charge in [0.1, 0.15) is 5.76 Å². The highest BCUT2D eigenvalue weighted by Crippen LogP contribution is 2.40. The summed E-state index contributed by atoms with van der Waals surface area (Å²) in [7, 11) is 4.58. The number of nitrogens with zero attached hydrogens (tertiary/aromatic N) is 2. The average molecular weight is 360 g/mol. The highest BCUT2D eigenvalue weighted by Gasteiger charge is 2.35. The number of carbonyl (C=O) groups is 1. The molecule has 0 unspecified atom stereocenters. The van der Waals surface area contributed by atoms with E-state index in [1.807, 2.05) is 0 Å². The van der Waals surface area contributed by atoms with Crippen LogP contribution in [0.5, 0.6) is 17.2 Å². The molecule has 0 N–H and O–H groups in total. The van der Waals surface area contributed by atoms with Crippen LogP contribution < -0.4 is 14.2 Å². The number of benzene rings is 1. The third-order valence-electron chi connectivity index (χ3n) is 4.04. The number of furan rings is 1. The molecule has 1 amide bonds. The lowest BCUT2D eigenvalue weighted by atomic mass is 10.1. The van der Waals surface area contributed by atoms with Crippen molar-refractivity contribution < 1.29 is 28.2 Å². The summed E-state index contributed by atoms with van der Waals surface area (Å²) >= 11 is 0. The van der Waals surface area contributed by atoms with Gasteiger partial charge in [-0.05, 0) is 25.1 Å². The number of hydrogen-bond donors (Lipinski definition) is 0. The third kappa shape index (κ3) is 2.94. The fourth-order valence-corrected chi connectivity index (χ4v) is 2.74. The van der Waals surface area contributed by atoms with Crippen molar-refractivity contribution in [3.8, 4) is 17.2 Å². The normalized spacial score (nSPS) is 16.1. The smallest absolute Gasteiger partial charge is 0.243 e. The van der Waals surface area contributed by atoms with Gasteiger partial charge in [-0.1, -0.05) is 0 Å². The molecule has 2 aromatic rings. The number of ether oxygens (including phenoxy) is 4. The predicted octanol–water partition coefficient (Wildman–Crippen LogP) is 2.85. The van der Waals surface area contributed by atoms with Crippen LogP contribution in [-0.4, -0.2) is 38.1 Å². The molecule has 0 radical (unpaired) electrons. The summed E-state index contributed by atoms with van der Waals surface area (Å²) in [6, 6.07) is 5.18. The number of carbonyl (C=O) groups excluding carboxylic acids is 1. The molecule has 8 nitrogen and oxygen atoms in total. The number of aryl methyl sites for hydroxylation is 1. The van der Waals surface area contributed by atoms with E-state index in [1.54, 1.807) is 31.4 Å². The van der Waals surface area contributed by atoms with E-state index in [0.29, 0.717) is 28.6 Å². The van der Waals surface area contributed by atoms with Gasteiger partial charge in [0.2, 0.25) is 23.8 Å². The Morgan fingerprint density at radius 2 is 1.81 bits per heavy atom. The first-order valence-electron chi connectivity index (χ1n) is 7.89. The average Bonchev–Trinajstić information content (AvgIpc) is 3.26. The topological polar surface area (TPSA) is 82.7 Å². The molecule has 0 bridgehead atoms. The van der Waals surface area contributed by atoms with Gasteiger partial charge in [-0.15, -0.1) is 5.10 Å². The summed E-state index contributed by atoms with van der Waals surface area (Å²) in [6.45, 7) is 3.22. The van der Waals surface area contributed by atoms with Gasteiger partial charge < -0.3 is 23.4 Å². The van der Waals surface area contributed by atoms with Crippen LogP contribution in [0.1, 0.15) is 30.0 Å². The molecule has 0 aliphatic carbocycles. The van der Waals surface area contributed by atoms with Gasteiger partial charge in [0, 0.05) is 12.5 Å². The molecule has 8 heteroatoms. The molecule has 1 aliphatic heterocycles. The first kappa shape index (κ1) is 17.7. The molecule has 0 saturated heterocycles. The van der Waals surface area contributed by atoms with Crippen molar-refractivity contribution in [2.45, 2.75) is 20.1 Å². The molecule has 1 aliphatic rings. The van der Waals surface area contributed by atoms with Crippen LogP contribution in [0, 0.1) is 6.92 Å². The fraction of sp³-hybridized carbons (Fsp3) is 0.333. The Hall–Kier alpha value is -3.16. The van der Waals surface area contributed by atoms with E-state index >= 15 is 0 Å². The summed E-state index contributed by atoms with van der Waals surface area (Å²) in [6.07, 6.45) is 0.851. The molecular weight excluding hydrogens is 340 g/mol. The lowest BCUT2D eigenvalue weighted by molar-refractivity contribution is -0.135. The SMILES string of the molecule is COc1cc(C2=NN(C(C)=O)[C@@H](c3ccoc3C)O2)cc(OC)c1OC. The van der Waals surface area contributed by atoms with Crippen molar-refractivity contribution in [2.24, 2.45) is 5.10 Å². The van der Waals surface area contributed by atoms with Gasteiger partial charge in [-0.2, -0.15) is 5.01 Å². The number of hydrogen-bond acceptors (Lipinski definition) is 7. The van der Waals surface area contributed by atoms with E-state index in [4.69, 9.17) is 23.4 Å². The van der Waals surface area contributed by atoms with Crippen LogP contribution in [-0.2, 0) is 9.53 Å². The van der Waals surface area contributed by atoms with Gasteiger partial charge in [-0.3, -0.25) is 4.79 Å². The Bertz CT molecular complexity index is 832. The summed E-state index contributed by atoms with van der Waals surface area (Å²) < 4.78 is 27.3. The van der Waals surface area contributed by atoms with Crippen LogP contribution >= 0.6 is 0 Å². The minimum atomic E-state index is -0.694. The molecule has 1 aromatic carbocycles.